The maximum Gasteiger partial charge on any atom is 0.416 e. The van der Waals surface area contributed by atoms with Gasteiger partial charge in [0, 0.05) is 12.3 Å². The lowest BCUT2D eigenvalue weighted by Crippen LogP contribution is -2.13. The molecule has 6 heteroatoms. The summed E-state index contributed by atoms with van der Waals surface area (Å²) in [5, 5.41) is 0. The second-order valence-electron chi connectivity index (χ2n) is 5.54. The zero-order valence-corrected chi connectivity index (χ0v) is 12.2. The van der Waals surface area contributed by atoms with E-state index >= 15 is 0 Å². The second kappa shape index (κ2) is 6.10. The van der Waals surface area contributed by atoms with Crippen molar-refractivity contribution >= 4 is 5.97 Å². The van der Waals surface area contributed by atoms with E-state index in [4.69, 9.17) is 9.15 Å². The van der Waals surface area contributed by atoms with Crippen LogP contribution in [0.15, 0.2) is 47.1 Å². The zero-order valence-electron chi connectivity index (χ0n) is 12.2. The smallest absolute Gasteiger partial charge is 0.416 e. The molecule has 0 saturated heterocycles. The van der Waals surface area contributed by atoms with Crippen LogP contribution < -0.4 is 0 Å². The number of esters is 1. The Bertz CT molecular complexity index is 677. The van der Waals surface area contributed by atoms with Gasteiger partial charge in [-0.3, -0.25) is 4.79 Å². The molecule has 2 aromatic rings. The predicted molar refractivity (Wildman–Crippen MR) is 75.7 cm³/mol. The van der Waals surface area contributed by atoms with Gasteiger partial charge in [-0.25, -0.2) is 0 Å². The Morgan fingerprint density at radius 1 is 1.22 bits per heavy atom. The van der Waals surface area contributed by atoms with Gasteiger partial charge in [0.1, 0.15) is 5.76 Å². The van der Waals surface area contributed by atoms with Crippen LogP contribution in [0.3, 0.4) is 0 Å². The molecule has 0 N–H and O–H groups in total. The fourth-order valence-corrected chi connectivity index (χ4v) is 2.66. The van der Waals surface area contributed by atoms with Crippen molar-refractivity contribution in [2.75, 3.05) is 6.61 Å². The summed E-state index contributed by atoms with van der Waals surface area (Å²) in [6.07, 6.45) is -2.16. The van der Waals surface area contributed by atoms with Crippen LogP contribution in [0.4, 0.5) is 13.2 Å². The zero-order chi connectivity index (χ0) is 16.4. The molecule has 1 fully saturated rings. The molecular weight excluding hydrogens is 309 g/mol. The number of alkyl halides is 3. The number of hydrogen-bond acceptors (Lipinski definition) is 3. The maximum atomic E-state index is 12.9. The van der Waals surface area contributed by atoms with Gasteiger partial charge in [0.25, 0.3) is 0 Å². The first-order valence-corrected chi connectivity index (χ1v) is 7.32. The Labute approximate surface area is 131 Å². The normalized spacial score (nSPS) is 20.3. The maximum absolute atomic E-state index is 12.9. The van der Waals surface area contributed by atoms with Crippen molar-refractivity contribution in [2.24, 2.45) is 5.92 Å². The van der Waals surface area contributed by atoms with E-state index in [9.17, 15) is 18.0 Å². The first-order valence-electron chi connectivity index (χ1n) is 7.32. The highest BCUT2D eigenvalue weighted by Crippen LogP contribution is 2.48. The number of furan rings is 1. The molecule has 0 radical (unpaired) electrons. The van der Waals surface area contributed by atoms with E-state index in [1.807, 2.05) is 0 Å². The molecule has 23 heavy (non-hydrogen) atoms. The summed E-state index contributed by atoms with van der Waals surface area (Å²) in [7, 11) is 0. The number of hydrogen-bond donors (Lipinski definition) is 0. The van der Waals surface area contributed by atoms with Crippen LogP contribution in [0.1, 0.15) is 29.2 Å². The molecule has 3 nitrogen and oxygen atoms in total. The highest BCUT2D eigenvalue weighted by Gasteiger charge is 2.47. The molecule has 0 spiro atoms. The van der Waals surface area contributed by atoms with Gasteiger partial charge in [-0.1, -0.05) is 18.2 Å². The van der Waals surface area contributed by atoms with Crippen LogP contribution in [0.25, 0.3) is 0 Å². The summed E-state index contributed by atoms with van der Waals surface area (Å²) in [4.78, 5) is 11.9. The Kier molecular flexibility index (Phi) is 4.15. The highest BCUT2D eigenvalue weighted by molar-refractivity contribution is 5.77. The van der Waals surface area contributed by atoms with Gasteiger partial charge in [-0.15, -0.1) is 0 Å². The van der Waals surface area contributed by atoms with Gasteiger partial charge >= 0.3 is 12.1 Å². The van der Waals surface area contributed by atoms with E-state index in [2.05, 4.69) is 0 Å². The molecule has 0 amide bonds. The third kappa shape index (κ3) is 3.57. The minimum Gasteiger partial charge on any atom is -0.469 e. The van der Waals surface area contributed by atoms with Crippen LogP contribution in [-0.4, -0.2) is 12.6 Å². The predicted octanol–water partition coefficient (Wildman–Crippen LogP) is 4.19. The lowest BCUT2D eigenvalue weighted by molar-refractivity contribution is -0.145. The van der Waals surface area contributed by atoms with Crippen LogP contribution >= 0.6 is 0 Å². The molecule has 1 saturated carbocycles. The largest absolute Gasteiger partial charge is 0.469 e. The van der Waals surface area contributed by atoms with Crippen molar-refractivity contribution in [2.45, 2.75) is 24.9 Å². The summed E-state index contributed by atoms with van der Waals surface area (Å²) < 4.78 is 48.9. The topological polar surface area (TPSA) is 39.4 Å². The Morgan fingerprint density at radius 3 is 2.70 bits per heavy atom. The van der Waals surface area contributed by atoms with Gasteiger partial charge in [-0.05, 0) is 30.2 Å². The van der Waals surface area contributed by atoms with Crippen molar-refractivity contribution in [3.8, 4) is 0 Å². The van der Waals surface area contributed by atoms with Gasteiger partial charge in [0.2, 0.25) is 0 Å². The molecule has 1 aliphatic carbocycles. The number of carbonyl (C=O) groups is 1. The summed E-state index contributed by atoms with van der Waals surface area (Å²) >= 11 is 0. The van der Waals surface area contributed by atoms with Gasteiger partial charge < -0.3 is 9.15 Å². The SMILES string of the molecule is O=C(OCCc1ccccc1C(F)(F)F)C1CC1c1ccco1. The highest BCUT2D eigenvalue weighted by atomic mass is 19.4. The molecule has 2 atom stereocenters. The van der Waals surface area contributed by atoms with Crippen LogP contribution in [0.2, 0.25) is 0 Å². The monoisotopic (exact) mass is 324 g/mol. The van der Waals surface area contributed by atoms with Crippen molar-refractivity contribution in [3.05, 3.63) is 59.5 Å². The minimum atomic E-state index is -4.40. The molecule has 2 unspecified atom stereocenters. The van der Waals surface area contributed by atoms with Gasteiger partial charge in [0.15, 0.2) is 0 Å². The third-order valence-corrected chi connectivity index (χ3v) is 3.94. The third-order valence-electron chi connectivity index (χ3n) is 3.94. The van der Waals surface area contributed by atoms with Crippen molar-refractivity contribution in [3.63, 3.8) is 0 Å². The van der Waals surface area contributed by atoms with E-state index < -0.39 is 11.7 Å². The summed E-state index contributed by atoms with van der Waals surface area (Å²) in [5.41, 5.74) is -0.554. The molecule has 0 bridgehead atoms. The van der Waals surface area contributed by atoms with Crippen molar-refractivity contribution in [1.29, 1.82) is 0 Å². The average Bonchev–Trinajstić information content (AvgIpc) is 3.12. The van der Waals surface area contributed by atoms with E-state index in [1.54, 1.807) is 24.5 Å². The molecular formula is C17H15F3O3. The lowest BCUT2D eigenvalue weighted by atomic mass is 10.0. The van der Waals surface area contributed by atoms with Gasteiger partial charge in [-0.2, -0.15) is 13.2 Å². The van der Waals surface area contributed by atoms with Crippen LogP contribution in [-0.2, 0) is 22.1 Å². The van der Waals surface area contributed by atoms with Crippen LogP contribution in [0, 0.1) is 5.92 Å². The fraction of sp³-hybridized carbons (Fsp3) is 0.353. The number of benzene rings is 1. The first-order chi connectivity index (χ1) is 11.0. The Hall–Kier alpha value is -2.24. The standard InChI is InChI=1S/C17H15F3O3/c18-17(19,20)14-5-2-1-4-11(14)7-9-23-16(21)13-10-12(13)15-6-3-8-22-15/h1-6,8,12-13H,7,9-10H2. The molecule has 122 valence electrons. The molecule has 1 aromatic heterocycles. The van der Waals surface area contributed by atoms with E-state index in [1.165, 1.54) is 12.1 Å². The van der Waals surface area contributed by atoms with E-state index in [0.29, 0.717) is 6.42 Å². The summed E-state index contributed by atoms with van der Waals surface area (Å²) in [5.74, 6) is 0.143. The number of halogens is 3. The Balaban J connectivity index is 1.52. The van der Waals surface area contributed by atoms with E-state index in [0.717, 1.165) is 11.8 Å². The number of carbonyl (C=O) groups excluding carboxylic acids is 1. The lowest BCUT2D eigenvalue weighted by Gasteiger charge is -2.12. The molecule has 1 aliphatic rings. The Morgan fingerprint density at radius 2 is 2.00 bits per heavy atom. The number of ether oxygens (including phenoxy) is 1. The fourth-order valence-electron chi connectivity index (χ4n) is 2.66. The quantitative estimate of drug-likeness (QED) is 0.774. The van der Waals surface area contributed by atoms with Crippen LogP contribution in [0.5, 0.6) is 0 Å². The van der Waals surface area contributed by atoms with Gasteiger partial charge in [0.05, 0.1) is 24.4 Å². The molecule has 1 heterocycles. The van der Waals surface area contributed by atoms with Crippen molar-refractivity contribution < 1.29 is 27.1 Å². The average molecular weight is 324 g/mol. The van der Waals surface area contributed by atoms with E-state index in [-0.39, 0.29) is 36.4 Å². The summed E-state index contributed by atoms with van der Waals surface area (Å²) in [6, 6.07) is 8.88. The molecule has 0 aliphatic heterocycles. The molecule has 3 rings (SSSR count). The minimum absolute atomic E-state index is 0.0277. The first kappa shape index (κ1) is 15.6. The molecule has 1 aromatic carbocycles. The van der Waals surface area contributed by atoms with Crippen molar-refractivity contribution in [1.82, 2.24) is 0 Å². The summed E-state index contributed by atoms with van der Waals surface area (Å²) in [6.45, 7) is -0.0622. The number of rotatable bonds is 5. The second-order valence-corrected chi connectivity index (χ2v) is 5.54.